The molecule has 0 radical (unpaired) electrons. The number of hydrogen-bond acceptors (Lipinski definition) is 3. The van der Waals surface area contributed by atoms with Crippen molar-refractivity contribution in [3.8, 4) is 0 Å². The molecule has 4 rings (SSSR count). The van der Waals surface area contributed by atoms with E-state index in [9.17, 15) is 14.0 Å². The van der Waals surface area contributed by atoms with E-state index in [1.54, 1.807) is 6.07 Å². The number of nitrogens with zero attached hydrogens (tertiary/aromatic N) is 2. The Labute approximate surface area is 189 Å². The quantitative estimate of drug-likeness (QED) is 0.743. The first-order valence-electron chi connectivity index (χ1n) is 11.5. The summed E-state index contributed by atoms with van der Waals surface area (Å²) in [6.07, 6.45) is 4.98. The maximum absolute atomic E-state index is 13.8. The van der Waals surface area contributed by atoms with Crippen molar-refractivity contribution in [1.82, 2.24) is 15.1 Å². The van der Waals surface area contributed by atoms with Crippen LogP contribution in [0.15, 0.2) is 54.6 Å². The van der Waals surface area contributed by atoms with Gasteiger partial charge in [-0.2, -0.15) is 0 Å². The molecule has 32 heavy (non-hydrogen) atoms. The summed E-state index contributed by atoms with van der Waals surface area (Å²) in [7, 11) is 3.83. The van der Waals surface area contributed by atoms with Gasteiger partial charge in [0.1, 0.15) is 11.9 Å². The Hall–Kier alpha value is -2.73. The molecule has 5 nitrogen and oxygen atoms in total. The first-order chi connectivity index (χ1) is 15.5. The fourth-order valence-corrected chi connectivity index (χ4v) is 5.34. The van der Waals surface area contributed by atoms with Crippen LogP contribution in [0.5, 0.6) is 0 Å². The summed E-state index contributed by atoms with van der Waals surface area (Å²) in [5.74, 6) is -0.0958. The lowest BCUT2D eigenvalue weighted by atomic mass is 9.84. The molecule has 0 spiro atoms. The molecular formula is C26H32FN3O2. The fraction of sp³-hybridized carbons (Fsp3) is 0.462. The molecule has 2 aromatic rings. The molecular weight excluding hydrogens is 405 g/mol. The van der Waals surface area contributed by atoms with Gasteiger partial charge in [0.15, 0.2) is 0 Å². The van der Waals surface area contributed by atoms with Crippen molar-refractivity contribution in [2.24, 2.45) is 5.92 Å². The molecule has 1 N–H and O–H groups in total. The predicted octanol–water partition coefficient (Wildman–Crippen LogP) is 4.02. The van der Waals surface area contributed by atoms with Gasteiger partial charge in [0.25, 0.3) is 5.91 Å². The largest absolute Gasteiger partial charge is 0.352 e. The normalized spacial score (nSPS) is 23.6. The number of hydrogen-bond donors (Lipinski definition) is 1. The van der Waals surface area contributed by atoms with Crippen molar-refractivity contribution < 1.29 is 14.0 Å². The topological polar surface area (TPSA) is 52.7 Å². The zero-order valence-corrected chi connectivity index (χ0v) is 18.8. The maximum Gasteiger partial charge on any atom is 0.254 e. The van der Waals surface area contributed by atoms with E-state index in [4.69, 9.17) is 0 Å². The van der Waals surface area contributed by atoms with E-state index < -0.39 is 6.04 Å². The summed E-state index contributed by atoms with van der Waals surface area (Å²) in [6.45, 7) is 0.356. The Balaban J connectivity index is 1.52. The van der Waals surface area contributed by atoms with Crippen LogP contribution >= 0.6 is 0 Å². The van der Waals surface area contributed by atoms with Crippen LogP contribution in [-0.4, -0.2) is 54.3 Å². The Morgan fingerprint density at radius 2 is 1.84 bits per heavy atom. The highest BCUT2D eigenvalue weighted by Crippen LogP contribution is 2.40. The highest BCUT2D eigenvalue weighted by Gasteiger charge is 2.47. The van der Waals surface area contributed by atoms with Gasteiger partial charge < -0.3 is 15.1 Å². The van der Waals surface area contributed by atoms with Gasteiger partial charge in [-0.25, -0.2) is 4.39 Å². The molecule has 1 aliphatic carbocycles. The summed E-state index contributed by atoms with van der Waals surface area (Å²) in [5.41, 5.74) is 1.44. The van der Waals surface area contributed by atoms with Gasteiger partial charge >= 0.3 is 0 Å². The number of amides is 2. The molecule has 6 heteroatoms. The minimum Gasteiger partial charge on any atom is -0.352 e. The number of benzene rings is 2. The Kier molecular flexibility index (Phi) is 6.89. The number of carbonyl (C=O) groups is 2. The lowest BCUT2D eigenvalue weighted by Gasteiger charge is -2.34. The average Bonchev–Trinajstić information content (AvgIpc) is 3.19. The number of fused-ring (bicyclic) bond motifs is 1. The molecule has 170 valence electrons. The second-order valence-electron chi connectivity index (χ2n) is 9.22. The van der Waals surface area contributed by atoms with Crippen molar-refractivity contribution in [2.45, 2.75) is 50.2 Å². The van der Waals surface area contributed by atoms with Crippen LogP contribution in [0.2, 0.25) is 0 Å². The summed E-state index contributed by atoms with van der Waals surface area (Å²) in [4.78, 5) is 30.6. The summed E-state index contributed by atoms with van der Waals surface area (Å²) in [5, 5.41) is 3.07. The van der Waals surface area contributed by atoms with Crippen LogP contribution < -0.4 is 5.32 Å². The van der Waals surface area contributed by atoms with Crippen molar-refractivity contribution in [1.29, 1.82) is 0 Å². The van der Waals surface area contributed by atoms with E-state index in [1.807, 2.05) is 60.3 Å². The van der Waals surface area contributed by atoms with Gasteiger partial charge in [-0.1, -0.05) is 43.2 Å². The minimum atomic E-state index is -0.467. The van der Waals surface area contributed by atoms with Crippen molar-refractivity contribution in [3.63, 3.8) is 0 Å². The molecule has 2 aromatic carbocycles. The predicted molar refractivity (Wildman–Crippen MR) is 123 cm³/mol. The van der Waals surface area contributed by atoms with E-state index >= 15 is 0 Å². The molecule has 1 heterocycles. The second kappa shape index (κ2) is 9.82. The monoisotopic (exact) mass is 437 g/mol. The standard InChI is InChI=1S/C26H32FN3O2/c1-29(2)24(19-12-8-13-21(27)15-19)17-28-25(31)23-16-20-11-6-7-14-22(20)30(23)26(32)18-9-4-3-5-10-18/h3-5,8-10,12-13,15,20,22-24H,6-7,11,14,16-17H2,1-2H3,(H,28,31). The van der Waals surface area contributed by atoms with Crippen LogP contribution in [-0.2, 0) is 4.79 Å². The van der Waals surface area contributed by atoms with E-state index in [0.29, 0.717) is 24.4 Å². The lowest BCUT2D eigenvalue weighted by molar-refractivity contribution is -0.125. The fourth-order valence-electron chi connectivity index (χ4n) is 5.34. The third kappa shape index (κ3) is 4.70. The van der Waals surface area contributed by atoms with Gasteiger partial charge in [-0.3, -0.25) is 9.59 Å². The first-order valence-corrected chi connectivity index (χ1v) is 11.5. The number of likely N-dealkylation sites (tertiary alicyclic amines) is 1. The molecule has 2 fully saturated rings. The van der Waals surface area contributed by atoms with Crippen LogP contribution in [0.25, 0.3) is 0 Å². The van der Waals surface area contributed by atoms with Gasteiger partial charge in [0, 0.05) is 18.2 Å². The summed E-state index contributed by atoms with van der Waals surface area (Å²) in [6, 6.07) is 15.2. The first kappa shape index (κ1) is 22.5. The molecule has 1 saturated carbocycles. The van der Waals surface area contributed by atoms with Crippen molar-refractivity contribution in [3.05, 3.63) is 71.5 Å². The van der Waals surface area contributed by atoms with E-state index in [0.717, 1.165) is 31.2 Å². The minimum absolute atomic E-state index is 0.0607. The molecule has 2 amide bonds. The van der Waals surface area contributed by atoms with Gasteiger partial charge in [-0.15, -0.1) is 0 Å². The Morgan fingerprint density at radius 3 is 2.56 bits per heavy atom. The van der Waals surface area contributed by atoms with Crippen LogP contribution in [0.3, 0.4) is 0 Å². The van der Waals surface area contributed by atoms with Crippen LogP contribution in [0.4, 0.5) is 4.39 Å². The summed E-state index contributed by atoms with van der Waals surface area (Å²) < 4.78 is 13.8. The zero-order chi connectivity index (χ0) is 22.7. The molecule has 2 aliphatic rings. The average molecular weight is 438 g/mol. The number of likely N-dealkylation sites (N-methyl/N-ethyl adjacent to an activating group) is 1. The van der Waals surface area contributed by atoms with Gasteiger partial charge in [0.2, 0.25) is 5.91 Å². The third-order valence-corrected chi connectivity index (χ3v) is 6.97. The number of nitrogens with one attached hydrogen (secondary N) is 1. The molecule has 1 aliphatic heterocycles. The SMILES string of the molecule is CN(C)C(CNC(=O)C1CC2CCCCC2N1C(=O)c1ccccc1)c1cccc(F)c1. The molecule has 0 aromatic heterocycles. The van der Waals surface area contributed by atoms with Crippen LogP contribution in [0, 0.1) is 11.7 Å². The maximum atomic E-state index is 13.8. The molecule has 0 bridgehead atoms. The molecule has 4 atom stereocenters. The van der Waals surface area contributed by atoms with E-state index in [1.165, 1.54) is 12.1 Å². The molecule has 4 unspecified atom stereocenters. The van der Waals surface area contributed by atoms with E-state index in [-0.39, 0.29) is 29.7 Å². The number of carbonyl (C=O) groups excluding carboxylic acids is 2. The number of halogens is 1. The number of rotatable bonds is 6. The van der Waals surface area contributed by atoms with E-state index in [2.05, 4.69) is 5.32 Å². The highest BCUT2D eigenvalue weighted by atomic mass is 19.1. The summed E-state index contributed by atoms with van der Waals surface area (Å²) >= 11 is 0. The van der Waals surface area contributed by atoms with Gasteiger partial charge in [-0.05, 0) is 69.1 Å². The highest BCUT2D eigenvalue weighted by molar-refractivity contribution is 5.98. The zero-order valence-electron chi connectivity index (χ0n) is 18.8. The Bertz CT molecular complexity index is 949. The van der Waals surface area contributed by atoms with Crippen molar-refractivity contribution >= 4 is 11.8 Å². The smallest absolute Gasteiger partial charge is 0.254 e. The van der Waals surface area contributed by atoms with Crippen molar-refractivity contribution in [2.75, 3.05) is 20.6 Å². The van der Waals surface area contributed by atoms with Gasteiger partial charge in [0.05, 0.1) is 6.04 Å². The third-order valence-electron chi connectivity index (χ3n) is 6.97. The lowest BCUT2D eigenvalue weighted by Crippen LogP contribution is -2.50. The second-order valence-corrected chi connectivity index (χ2v) is 9.22. The Morgan fingerprint density at radius 1 is 1.09 bits per heavy atom. The molecule has 1 saturated heterocycles. The van der Waals surface area contributed by atoms with Crippen LogP contribution in [0.1, 0.15) is 54.1 Å².